The normalized spacial score (nSPS) is 10.8. The van der Waals surface area contributed by atoms with Crippen molar-refractivity contribution in [1.82, 2.24) is 9.88 Å². The SMILES string of the molecule is Cn1c(C(=O)NCCO)c(Cl)c2ccccc21. The van der Waals surface area contributed by atoms with Gasteiger partial charge in [0, 0.05) is 24.5 Å². The predicted octanol–water partition coefficient (Wildman–Crippen LogP) is 1.55. The van der Waals surface area contributed by atoms with Crippen LogP contribution in [0.15, 0.2) is 24.3 Å². The maximum absolute atomic E-state index is 11.9. The number of halogens is 1. The number of hydrogen-bond donors (Lipinski definition) is 2. The van der Waals surface area contributed by atoms with Gasteiger partial charge in [-0.25, -0.2) is 0 Å². The number of aliphatic hydroxyl groups excluding tert-OH is 1. The number of aliphatic hydroxyl groups is 1. The fourth-order valence-electron chi connectivity index (χ4n) is 1.85. The van der Waals surface area contributed by atoms with E-state index in [1.54, 1.807) is 11.6 Å². The van der Waals surface area contributed by atoms with Crippen molar-refractivity contribution >= 4 is 28.4 Å². The maximum Gasteiger partial charge on any atom is 0.269 e. The zero-order valence-electron chi connectivity index (χ0n) is 9.40. The lowest BCUT2D eigenvalue weighted by Gasteiger charge is -2.05. The lowest BCUT2D eigenvalue weighted by molar-refractivity contribution is 0.0937. The number of nitrogens with one attached hydrogen (secondary N) is 1. The Bertz CT molecular complexity index is 524. The Labute approximate surface area is 104 Å². The Morgan fingerprint density at radius 1 is 1.47 bits per heavy atom. The summed E-state index contributed by atoms with van der Waals surface area (Å²) in [6.45, 7) is 0.129. The number of nitrogens with zero attached hydrogens (tertiary/aromatic N) is 1. The summed E-state index contributed by atoms with van der Waals surface area (Å²) in [6, 6.07) is 7.56. The Balaban J connectivity index is 2.50. The van der Waals surface area contributed by atoms with Crippen molar-refractivity contribution in [3.63, 3.8) is 0 Å². The lowest BCUT2D eigenvalue weighted by atomic mass is 10.2. The summed E-state index contributed by atoms with van der Waals surface area (Å²) in [5.74, 6) is -0.275. The average Bonchev–Trinajstić information content (AvgIpc) is 2.60. The first-order chi connectivity index (χ1) is 8.16. The van der Waals surface area contributed by atoms with Gasteiger partial charge in [0.05, 0.1) is 11.6 Å². The molecule has 0 unspecified atom stereocenters. The van der Waals surface area contributed by atoms with Crippen LogP contribution < -0.4 is 5.32 Å². The smallest absolute Gasteiger partial charge is 0.269 e. The van der Waals surface area contributed by atoms with Crippen molar-refractivity contribution in [3.8, 4) is 0 Å². The van der Waals surface area contributed by atoms with Crippen LogP contribution in [0.25, 0.3) is 10.9 Å². The quantitative estimate of drug-likeness (QED) is 0.871. The monoisotopic (exact) mass is 252 g/mol. The maximum atomic E-state index is 11.9. The highest BCUT2D eigenvalue weighted by atomic mass is 35.5. The second-order valence-electron chi connectivity index (χ2n) is 3.72. The van der Waals surface area contributed by atoms with Gasteiger partial charge in [-0.3, -0.25) is 4.79 Å². The summed E-state index contributed by atoms with van der Waals surface area (Å²) in [5.41, 5.74) is 1.33. The minimum atomic E-state index is -0.275. The summed E-state index contributed by atoms with van der Waals surface area (Å²) in [5, 5.41) is 12.6. The molecular weight excluding hydrogens is 240 g/mol. The molecule has 1 amide bonds. The largest absolute Gasteiger partial charge is 0.395 e. The van der Waals surface area contributed by atoms with Crippen LogP contribution in [0.5, 0.6) is 0 Å². The number of aromatic nitrogens is 1. The molecule has 0 atom stereocenters. The number of carbonyl (C=O) groups excluding carboxylic acids is 1. The van der Waals surface area contributed by atoms with Crippen LogP contribution in [0.3, 0.4) is 0 Å². The van der Waals surface area contributed by atoms with Gasteiger partial charge in [-0.1, -0.05) is 29.8 Å². The summed E-state index contributed by atoms with van der Waals surface area (Å²) in [4.78, 5) is 11.9. The van der Waals surface area contributed by atoms with Crippen LogP contribution >= 0.6 is 11.6 Å². The number of hydrogen-bond acceptors (Lipinski definition) is 2. The molecule has 0 fully saturated rings. The highest BCUT2D eigenvalue weighted by Crippen LogP contribution is 2.29. The molecule has 0 aliphatic rings. The van der Waals surface area contributed by atoms with Gasteiger partial charge in [0.25, 0.3) is 5.91 Å². The van der Waals surface area contributed by atoms with E-state index in [9.17, 15) is 4.79 Å². The average molecular weight is 253 g/mol. The summed E-state index contributed by atoms with van der Waals surface area (Å²) in [6.07, 6.45) is 0. The molecule has 2 rings (SSSR count). The van der Waals surface area contributed by atoms with E-state index in [-0.39, 0.29) is 19.1 Å². The molecular formula is C12H13ClN2O2. The minimum Gasteiger partial charge on any atom is -0.395 e. The van der Waals surface area contributed by atoms with E-state index in [1.807, 2.05) is 24.3 Å². The topological polar surface area (TPSA) is 54.3 Å². The molecule has 5 heteroatoms. The van der Waals surface area contributed by atoms with Gasteiger partial charge >= 0.3 is 0 Å². The number of amides is 1. The first-order valence-electron chi connectivity index (χ1n) is 5.28. The molecule has 1 heterocycles. The molecule has 0 saturated carbocycles. The number of benzene rings is 1. The summed E-state index contributed by atoms with van der Waals surface area (Å²) in [7, 11) is 1.79. The Kier molecular flexibility index (Phi) is 3.36. The van der Waals surface area contributed by atoms with E-state index >= 15 is 0 Å². The number of para-hydroxylation sites is 1. The van der Waals surface area contributed by atoms with E-state index in [1.165, 1.54) is 0 Å². The second kappa shape index (κ2) is 4.77. The van der Waals surface area contributed by atoms with Gasteiger partial charge in [0.15, 0.2) is 0 Å². The Hall–Kier alpha value is -1.52. The van der Waals surface area contributed by atoms with Gasteiger partial charge in [0.1, 0.15) is 5.69 Å². The van der Waals surface area contributed by atoms with Crippen molar-refractivity contribution in [2.75, 3.05) is 13.2 Å². The van der Waals surface area contributed by atoms with Gasteiger partial charge in [-0.15, -0.1) is 0 Å². The zero-order valence-corrected chi connectivity index (χ0v) is 10.2. The third kappa shape index (κ3) is 2.01. The highest BCUT2D eigenvalue weighted by Gasteiger charge is 2.18. The molecule has 90 valence electrons. The third-order valence-corrected chi connectivity index (χ3v) is 3.04. The number of rotatable bonds is 3. The van der Waals surface area contributed by atoms with Crippen molar-refractivity contribution in [3.05, 3.63) is 35.0 Å². The number of fused-ring (bicyclic) bond motifs is 1. The first kappa shape index (κ1) is 12.0. The molecule has 0 aliphatic carbocycles. The van der Waals surface area contributed by atoms with Crippen LogP contribution in [-0.2, 0) is 7.05 Å². The Morgan fingerprint density at radius 2 is 2.18 bits per heavy atom. The standard InChI is InChI=1S/C12H13ClN2O2/c1-15-9-5-3-2-4-8(9)10(13)11(15)12(17)14-6-7-16/h2-5,16H,6-7H2,1H3,(H,14,17). The van der Waals surface area contributed by atoms with Crippen LogP contribution in [0, 0.1) is 0 Å². The van der Waals surface area contributed by atoms with E-state index < -0.39 is 0 Å². The summed E-state index contributed by atoms with van der Waals surface area (Å²) < 4.78 is 1.75. The molecule has 2 aromatic rings. The molecule has 4 nitrogen and oxygen atoms in total. The van der Waals surface area contributed by atoms with Crippen molar-refractivity contribution in [2.45, 2.75) is 0 Å². The fourth-order valence-corrected chi connectivity index (χ4v) is 2.22. The van der Waals surface area contributed by atoms with Gasteiger partial charge in [0.2, 0.25) is 0 Å². The first-order valence-corrected chi connectivity index (χ1v) is 5.66. The van der Waals surface area contributed by atoms with E-state index in [0.29, 0.717) is 10.7 Å². The molecule has 2 N–H and O–H groups in total. The van der Waals surface area contributed by atoms with E-state index in [0.717, 1.165) is 10.9 Å². The molecule has 0 saturated heterocycles. The highest BCUT2D eigenvalue weighted by molar-refractivity contribution is 6.38. The van der Waals surface area contributed by atoms with Gasteiger partial charge in [-0.05, 0) is 6.07 Å². The fraction of sp³-hybridized carbons (Fsp3) is 0.250. The molecule has 0 aliphatic heterocycles. The van der Waals surface area contributed by atoms with E-state index in [4.69, 9.17) is 16.7 Å². The third-order valence-electron chi connectivity index (χ3n) is 2.66. The molecule has 17 heavy (non-hydrogen) atoms. The van der Waals surface area contributed by atoms with Crippen molar-refractivity contribution < 1.29 is 9.90 Å². The van der Waals surface area contributed by atoms with Crippen molar-refractivity contribution in [1.29, 1.82) is 0 Å². The molecule has 1 aromatic heterocycles. The zero-order chi connectivity index (χ0) is 12.4. The van der Waals surface area contributed by atoms with E-state index in [2.05, 4.69) is 5.32 Å². The van der Waals surface area contributed by atoms with Crippen molar-refractivity contribution in [2.24, 2.45) is 7.05 Å². The van der Waals surface area contributed by atoms with Gasteiger partial charge < -0.3 is 15.0 Å². The van der Waals surface area contributed by atoms with Crippen LogP contribution in [0.4, 0.5) is 0 Å². The summed E-state index contributed by atoms with van der Waals surface area (Å²) >= 11 is 6.19. The second-order valence-corrected chi connectivity index (χ2v) is 4.10. The Morgan fingerprint density at radius 3 is 2.82 bits per heavy atom. The lowest BCUT2D eigenvalue weighted by Crippen LogP contribution is -2.28. The molecule has 0 radical (unpaired) electrons. The van der Waals surface area contributed by atoms with Crippen LogP contribution in [0.2, 0.25) is 5.02 Å². The molecule has 0 spiro atoms. The molecule has 1 aromatic carbocycles. The number of carbonyl (C=O) groups is 1. The van der Waals surface area contributed by atoms with Crippen LogP contribution in [-0.4, -0.2) is 28.7 Å². The predicted molar refractivity (Wildman–Crippen MR) is 67.3 cm³/mol. The molecule has 0 bridgehead atoms. The number of aryl methyl sites for hydroxylation is 1. The van der Waals surface area contributed by atoms with Crippen LogP contribution in [0.1, 0.15) is 10.5 Å². The minimum absolute atomic E-state index is 0.0900. The van der Waals surface area contributed by atoms with Gasteiger partial charge in [-0.2, -0.15) is 0 Å².